The highest BCUT2D eigenvalue weighted by atomic mass is 32.1. The monoisotopic (exact) mass is 276 g/mol. The molecule has 0 N–H and O–H groups in total. The minimum atomic E-state index is -0.468. The number of ether oxygens (including phenoxy) is 1. The molecule has 0 saturated carbocycles. The first-order chi connectivity index (χ1) is 8.94. The maximum absolute atomic E-state index is 11.7. The summed E-state index contributed by atoms with van der Waals surface area (Å²) in [5.74, 6) is -0.275. The fourth-order valence-electron chi connectivity index (χ4n) is 1.52. The number of hydrogen-bond donors (Lipinski definition) is 0. The summed E-state index contributed by atoms with van der Waals surface area (Å²) in [6, 6.07) is 9.79. The van der Waals surface area contributed by atoms with Gasteiger partial charge in [-0.2, -0.15) is 0 Å². The van der Waals surface area contributed by atoms with Gasteiger partial charge in [-0.3, -0.25) is 4.79 Å². The van der Waals surface area contributed by atoms with Crippen LogP contribution in [0.5, 0.6) is 0 Å². The Kier molecular flexibility index (Phi) is 3.95. The van der Waals surface area contributed by atoms with Crippen LogP contribution < -0.4 is 0 Å². The lowest BCUT2D eigenvalue weighted by Gasteiger charge is -2.18. The van der Waals surface area contributed by atoms with E-state index in [-0.39, 0.29) is 12.4 Å². The van der Waals surface area contributed by atoms with Crippen molar-refractivity contribution in [3.8, 4) is 10.6 Å². The SMILES string of the molecule is CC(C)(C)OC(=O)Cc1nnc(-c2ccccc2)s1. The molecule has 0 saturated heterocycles. The minimum Gasteiger partial charge on any atom is -0.460 e. The fourth-order valence-corrected chi connectivity index (χ4v) is 2.35. The predicted octanol–water partition coefficient (Wildman–Crippen LogP) is 3.09. The molecule has 100 valence electrons. The van der Waals surface area contributed by atoms with Gasteiger partial charge in [-0.05, 0) is 20.8 Å². The van der Waals surface area contributed by atoms with Crippen LogP contribution in [-0.2, 0) is 16.0 Å². The van der Waals surface area contributed by atoms with Gasteiger partial charge in [0.2, 0.25) is 0 Å². The molecule has 0 aliphatic carbocycles. The zero-order valence-corrected chi connectivity index (χ0v) is 12.0. The smallest absolute Gasteiger partial charge is 0.313 e. The molecule has 1 aromatic heterocycles. The van der Waals surface area contributed by atoms with Crippen LogP contribution in [0.4, 0.5) is 0 Å². The number of benzene rings is 1. The molecular formula is C14H16N2O2S. The van der Waals surface area contributed by atoms with Gasteiger partial charge in [0, 0.05) is 5.56 Å². The van der Waals surface area contributed by atoms with Crippen LogP contribution >= 0.6 is 11.3 Å². The molecule has 0 atom stereocenters. The summed E-state index contributed by atoms with van der Waals surface area (Å²) >= 11 is 1.42. The lowest BCUT2D eigenvalue weighted by molar-refractivity contribution is -0.153. The normalized spacial score (nSPS) is 11.3. The molecule has 0 spiro atoms. The van der Waals surface area contributed by atoms with Gasteiger partial charge in [-0.1, -0.05) is 41.7 Å². The van der Waals surface area contributed by atoms with Gasteiger partial charge >= 0.3 is 5.97 Å². The predicted molar refractivity (Wildman–Crippen MR) is 74.9 cm³/mol. The molecule has 0 radical (unpaired) electrons. The maximum Gasteiger partial charge on any atom is 0.313 e. The van der Waals surface area contributed by atoms with E-state index >= 15 is 0 Å². The summed E-state index contributed by atoms with van der Waals surface area (Å²) in [6.45, 7) is 5.54. The first kappa shape index (κ1) is 13.7. The molecule has 0 aliphatic rings. The number of carbonyl (C=O) groups excluding carboxylic acids is 1. The summed E-state index contributed by atoms with van der Waals surface area (Å²) in [6.07, 6.45) is 0.168. The van der Waals surface area contributed by atoms with E-state index < -0.39 is 5.60 Å². The molecule has 0 unspecified atom stereocenters. The number of aromatic nitrogens is 2. The van der Waals surface area contributed by atoms with Crippen molar-refractivity contribution >= 4 is 17.3 Å². The molecule has 2 rings (SSSR count). The van der Waals surface area contributed by atoms with Crippen LogP contribution in [0.1, 0.15) is 25.8 Å². The lowest BCUT2D eigenvalue weighted by atomic mass is 10.2. The molecule has 0 aliphatic heterocycles. The topological polar surface area (TPSA) is 52.1 Å². The third-order valence-electron chi connectivity index (χ3n) is 2.20. The molecule has 4 nitrogen and oxygen atoms in total. The Labute approximate surface area is 116 Å². The second-order valence-corrected chi connectivity index (χ2v) is 6.19. The number of esters is 1. The van der Waals surface area contributed by atoms with Crippen molar-refractivity contribution in [1.82, 2.24) is 10.2 Å². The highest BCUT2D eigenvalue weighted by Gasteiger charge is 2.18. The Morgan fingerprint density at radius 1 is 1.21 bits per heavy atom. The number of rotatable bonds is 3. The number of hydrogen-bond acceptors (Lipinski definition) is 5. The summed E-state index contributed by atoms with van der Waals surface area (Å²) < 4.78 is 5.26. The molecule has 0 amide bonds. The molecule has 0 bridgehead atoms. The van der Waals surface area contributed by atoms with E-state index in [1.165, 1.54) is 11.3 Å². The maximum atomic E-state index is 11.7. The van der Waals surface area contributed by atoms with Gasteiger partial charge < -0.3 is 4.74 Å². The standard InChI is InChI=1S/C14H16N2O2S/c1-14(2,3)18-12(17)9-11-15-16-13(19-11)10-7-5-4-6-8-10/h4-8H,9H2,1-3H3. The number of nitrogens with zero attached hydrogens (tertiary/aromatic N) is 2. The van der Waals surface area contributed by atoms with Crippen molar-refractivity contribution in [1.29, 1.82) is 0 Å². The van der Waals surface area contributed by atoms with Crippen molar-refractivity contribution in [2.75, 3.05) is 0 Å². The van der Waals surface area contributed by atoms with Gasteiger partial charge in [0.1, 0.15) is 15.6 Å². The molecule has 5 heteroatoms. The average Bonchev–Trinajstić information content (AvgIpc) is 2.76. The summed E-state index contributed by atoms with van der Waals surface area (Å²) in [5, 5.41) is 9.62. The quantitative estimate of drug-likeness (QED) is 0.808. The van der Waals surface area contributed by atoms with Gasteiger partial charge in [0.25, 0.3) is 0 Å². The molecule has 1 aromatic carbocycles. The lowest BCUT2D eigenvalue weighted by Crippen LogP contribution is -2.24. The fraction of sp³-hybridized carbons (Fsp3) is 0.357. The molecule has 0 fully saturated rings. The van der Waals surface area contributed by atoms with E-state index in [1.807, 2.05) is 51.1 Å². The van der Waals surface area contributed by atoms with Crippen molar-refractivity contribution in [3.63, 3.8) is 0 Å². The van der Waals surface area contributed by atoms with Gasteiger partial charge in [0.15, 0.2) is 0 Å². The molecule has 2 aromatic rings. The van der Waals surface area contributed by atoms with E-state index in [2.05, 4.69) is 10.2 Å². The van der Waals surface area contributed by atoms with E-state index in [4.69, 9.17) is 4.74 Å². The van der Waals surface area contributed by atoms with Gasteiger partial charge in [-0.25, -0.2) is 0 Å². The summed E-state index contributed by atoms with van der Waals surface area (Å²) in [4.78, 5) is 11.7. The van der Waals surface area contributed by atoms with E-state index in [9.17, 15) is 4.79 Å². The number of carbonyl (C=O) groups is 1. The summed E-state index contributed by atoms with van der Waals surface area (Å²) in [5.41, 5.74) is 0.541. The zero-order valence-electron chi connectivity index (χ0n) is 11.2. The largest absolute Gasteiger partial charge is 0.460 e. The highest BCUT2D eigenvalue weighted by Crippen LogP contribution is 2.23. The second kappa shape index (κ2) is 5.48. The first-order valence-corrected chi connectivity index (χ1v) is 6.85. The first-order valence-electron chi connectivity index (χ1n) is 6.04. The average molecular weight is 276 g/mol. The van der Waals surface area contributed by atoms with Gasteiger partial charge in [0.05, 0.1) is 6.42 Å². The third-order valence-corrected chi connectivity index (χ3v) is 3.18. The van der Waals surface area contributed by atoms with Crippen LogP contribution in [0.25, 0.3) is 10.6 Å². The molecule has 19 heavy (non-hydrogen) atoms. The Morgan fingerprint density at radius 2 is 1.89 bits per heavy atom. The minimum absolute atomic E-state index is 0.168. The van der Waals surface area contributed by atoms with Crippen LogP contribution in [0.2, 0.25) is 0 Å². The summed E-state index contributed by atoms with van der Waals surface area (Å²) in [7, 11) is 0. The van der Waals surface area contributed by atoms with Crippen LogP contribution in [0.15, 0.2) is 30.3 Å². The van der Waals surface area contributed by atoms with Crippen molar-refractivity contribution < 1.29 is 9.53 Å². The van der Waals surface area contributed by atoms with Crippen molar-refractivity contribution in [2.45, 2.75) is 32.8 Å². The van der Waals surface area contributed by atoms with Gasteiger partial charge in [-0.15, -0.1) is 10.2 Å². The molecular weight excluding hydrogens is 260 g/mol. The third kappa shape index (κ3) is 4.13. The Bertz CT molecular complexity index is 558. The second-order valence-electron chi connectivity index (χ2n) is 5.13. The van der Waals surface area contributed by atoms with Crippen LogP contribution in [0, 0.1) is 0 Å². The van der Waals surface area contributed by atoms with E-state index in [0.717, 1.165) is 10.6 Å². The molecule has 1 heterocycles. The zero-order chi connectivity index (χ0) is 13.9. The van der Waals surface area contributed by atoms with E-state index in [1.54, 1.807) is 0 Å². The Balaban J connectivity index is 2.04. The highest BCUT2D eigenvalue weighted by molar-refractivity contribution is 7.14. The van der Waals surface area contributed by atoms with Crippen LogP contribution in [0.3, 0.4) is 0 Å². The van der Waals surface area contributed by atoms with Crippen LogP contribution in [-0.4, -0.2) is 21.8 Å². The van der Waals surface area contributed by atoms with Crippen molar-refractivity contribution in [2.24, 2.45) is 0 Å². The van der Waals surface area contributed by atoms with E-state index in [0.29, 0.717) is 5.01 Å². The Morgan fingerprint density at radius 3 is 2.53 bits per heavy atom. The Hall–Kier alpha value is -1.75. The van der Waals surface area contributed by atoms with Crippen molar-refractivity contribution in [3.05, 3.63) is 35.3 Å².